The maximum atomic E-state index is 11.4. The highest BCUT2D eigenvalue weighted by Gasteiger charge is 2.16. The third kappa shape index (κ3) is 2.64. The van der Waals surface area contributed by atoms with Gasteiger partial charge in [-0.05, 0) is 23.4 Å². The van der Waals surface area contributed by atoms with Crippen LogP contribution in [-0.4, -0.2) is 22.9 Å². The molecule has 0 fully saturated rings. The third-order valence-electron chi connectivity index (χ3n) is 2.63. The molecule has 88 valence electrons. The van der Waals surface area contributed by atoms with Gasteiger partial charge < -0.3 is 4.74 Å². The van der Waals surface area contributed by atoms with E-state index in [1.165, 1.54) is 7.11 Å². The molecular weight excluding hydrogens is 282 g/mol. The van der Waals surface area contributed by atoms with E-state index in [2.05, 4.69) is 20.9 Å². The number of rotatable bonds is 3. The van der Waals surface area contributed by atoms with Crippen molar-refractivity contribution >= 4 is 32.7 Å². The number of alkyl halides is 1. The van der Waals surface area contributed by atoms with E-state index in [4.69, 9.17) is 4.74 Å². The molecule has 17 heavy (non-hydrogen) atoms. The zero-order chi connectivity index (χ0) is 12.3. The van der Waals surface area contributed by atoms with Crippen molar-refractivity contribution in [3.05, 3.63) is 42.2 Å². The van der Waals surface area contributed by atoms with E-state index >= 15 is 0 Å². The number of nitrogens with zero attached hydrogens (tertiary/aromatic N) is 1. The van der Waals surface area contributed by atoms with Crippen LogP contribution in [0.4, 0.5) is 0 Å². The van der Waals surface area contributed by atoms with Crippen LogP contribution in [-0.2, 0) is 16.0 Å². The van der Waals surface area contributed by atoms with Crippen molar-refractivity contribution in [3.8, 4) is 0 Å². The predicted molar refractivity (Wildman–Crippen MR) is 70.2 cm³/mol. The molecule has 3 nitrogen and oxygen atoms in total. The minimum absolute atomic E-state index is 0.258. The second-order valence-corrected chi connectivity index (χ2v) is 4.81. The van der Waals surface area contributed by atoms with E-state index < -0.39 is 0 Å². The molecule has 1 aromatic carbocycles. The lowest BCUT2D eigenvalue weighted by molar-refractivity contribution is -0.139. The van der Waals surface area contributed by atoms with Gasteiger partial charge in [0.15, 0.2) is 0 Å². The molecular formula is C13H12BrNO2. The Morgan fingerprint density at radius 2 is 2.29 bits per heavy atom. The van der Waals surface area contributed by atoms with Crippen LogP contribution in [0.5, 0.6) is 0 Å². The summed E-state index contributed by atoms with van der Waals surface area (Å²) in [5, 5.41) is 2.20. The molecule has 0 aliphatic carbocycles. The van der Waals surface area contributed by atoms with Gasteiger partial charge in [-0.1, -0.05) is 34.1 Å². The first-order valence-electron chi connectivity index (χ1n) is 5.26. The second kappa shape index (κ2) is 5.27. The van der Waals surface area contributed by atoms with Crippen molar-refractivity contribution in [2.45, 2.75) is 11.2 Å². The zero-order valence-electron chi connectivity index (χ0n) is 9.39. The number of ether oxygens (including phenoxy) is 1. The normalized spacial score (nSPS) is 12.4. The molecule has 0 radical (unpaired) electrons. The number of hydrogen-bond acceptors (Lipinski definition) is 3. The molecule has 0 saturated carbocycles. The Morgan fingerprint density at radius 1 is 1.47 bits per heavy atom. The van der Waals surface area contributed by atoms with E-state index in [1.807, 2.05) is 30.5 Å². The second-order valence-electron chi connectivity index (χ2n) is 3.71. The molecule has 0 aliphatic rings. The third-order valence-corrected chi connectivity index (χ3v) is 3.33. The number of carbonyl (C=O) groups excluding carboxylic acids is 1. The van der Waals surface area contributed by atoms with Crippen molar-refractivity contribution < 1.29 is 9.53 Å². The van der Waals surface area contributed by atoms with Gasteiger partial charge in [0.05, 0.1) is 7.11 Å². The summed E-state index contributed by atoms with van der Waals surface area (Å²) in [6.07, 6.45) is 4.18. The maximum Gasteiger partial charge on any atom is 0.319 e. The van der Waals surface area contributed by atoms with E-state index in [9.17, 15) is 4.79 Å². The largest absolute Gasteiger partial charge is 0.468 e. The van der Waals surface area contributed by atoms with Crippen molar-refractivity contribution in [3.63, 3.8) is 0 Å². The number of hydrogen-bond donors (Lipinski definition) is 0. The minimum Gasteiger partial charge on any atom is -0.468 e. The number of halogens is 1. The van der Waals surface area contributed by atoms with Gasteiger partial charge in [-0.3, -0.25) is 9.78 Å². The Bertz CT molecular complexity index is 536. The van der Waals surface area contributed by atoms with Crippen molar-refractivity contribution in [2.24, 2.45) is 0 Å². The van der Waals surface area contributed by atoms with Crippen LogP contribution in [0.2, 0.25) is 0 Å². The Balaban J connectivity index is 2.33. The monoisotopic (exact) mass is 293 g/mol. The fourth-order valence-corrected chi connectivity index (χ4v) is 2.29. The number of aromatic nitrogens is 1. The fraction of sp³-hybridized carbons (Fsp3) is 0.231. The average Bonchev–Trinajstić information content (AvgIpc) is 2.38. The number of pyridine rings is 1. The molecule has 2 aromatic rings. The van der Waals surface area contributed by atoms with Gasteiger partial charge in [-0.25, -0.2) is 0 Å². The molecule has 1 aromatic heterocycles. The van der Waals surface area contributed by atoms with Crippen molar-refractivity contribution in [1.29, 1.82) is 0 Å². The minimum atomic E-state index is -0.321. The highest BCUT2D eigenvalue weighted by Crippen LogP contribution is 2.21. The Morgan fingerprint density at radius 3 is 3.06 bits per heavy atom. The summed E-state index contributed by atoms with van der Waals surface area (Å²) in [5.74, 6) is -0.258. The summed E-state index contributed by atoms with van der Waals surface area (Å²) in [7, 11) is 1.39. The smallest absolute Gasteiger partial charge is 0.319 e. The van der Waals surface area contributed by atoms with Crippen molar-refractivity contribution in [2.75, 3.05) is 7.11 Å². The van der Waals surface area contributed by atoms with Crippen LogP contribution in [0.15, 0.2) is 36.7 Å². The molecule has 1 unspecified atom stereocenters. The van der Waals surface area contributed by atoms with E-state index in [1.54, 1.807) is 6.20 Å². The summed E-state index contributed by atoms with van der Waals surface area (Å²) < 4.78 is 4.69. The first-order chi connectivity index (χ1) is 8.22. The number of fused-ring (bicyclic) bond motifs is 1. The number of carbonyl (C=O) groups is 1. The van der Waals surface area contributed by atoms with Crippen molar-refractivity contribution in [1.82, 2.24) is 4.98 Å². The zero-order valence-corrected chi connectivity index (χ0v) is 11.0. The number of benzene rings is 1. The lowest BCUT2D eigenvalue weighted by atomic mass is 10.0. The van der Waals surface area contributed by atoms with Gasteiger partial charge in [0.2, 0.25) is 0 Å². The molecule has 0 bridgehead atoms. The fourth-order valence-electron chi connectivity index (χ4n) is 1.76. The number of esters is 1. The average molecular weight is 294 g/mol. The molecule has 0 saturated heterocycles. The molecule has 4 heteroatoms. The van der Waals surface area contributed by atoms with Gasteiger partial charge >= 0.3 is 5.97 Å². The van der Waals surface area contributed by atoms with Gasteiger partial charge in [-0.2, -0.15) is 0 Å². The van der Waals surface area contributed by atoms with E-state index in [0.717, 1.165) is 16.3 Å². The highest BCUT2D eigenvalue weighted by molar-refractivity contribution is 9.10. The molecule has 1 heterocycles. The highest BCUT2D eigenvalue weighted by atomic mass is 79.9. The first kappa shape index (κ1) is 12.0. The summed E-state index contributed by atoms with van der Waals surface area (Å²) in [6, 6.07) is 7.97. The lowest BCUT2D eigenvalue weighted by Crippen LogP contribution is -2.18. The van der Waals surface area contributed by atoms with Crippen LogP contribution >= 0.6 is 15.9 Å². The van der Waals surface area contributed by atoms with Crippen LogP contribution in [0, 0.1) is 0 Å². The summed E-state index contributed by atoms with van der Waals surface area (Å²) in [5.41, 5.74) is 1.09. The topological polar surface area (TPSA) is 39.2 Å². The van der Waals surface area contributed by atoms with Gasteiger partial charge in [0, 0.05) is 17.8 Å². The summed E-state index contributed by atoms with van der Waals surface area (Å²) >= 11 is 3.33. The van der Waals surface area contributed by atoms with Gasteiger partial charge in [-0.15, -0.1) is 0 Å². The molecule has 0 amide bonds. The first-order valence-corrected chi connectivity index (χ1v) is 6.17. The van der Waals surface area contributed by atoms with E-state index in [0.29, 0.717) is 6.42 Å². The lowest BCUT2D eigenvalue weighted by Gasteiger charge is -2.09. The van der Waals surface area contributed by atoms with Gasteiger partial charge in [0.1, 0.15) is 4.83 Å². The van der Waals surface area contributed by atoms with Crippen LogP contribution in [0.1, 0.15) is 5.56 Å². The summed E-state index contributed by atoms with van der Waals surface area (Å²) in [4.78, 5) is 15.2. The molecule has 1 atom stereocenters. The molecule has 0 spiro atoms. The van der Waals surface area contributed by atoms with E-state index in [-0.39, 0.29) is 10.8 Å². The van der Waals surface area contributed by atoms with Crippen LogP contribution < -0.4 is 0 Å². The molecule has 0 N–H and O–H groups in total. The van der Waals surface area contributed by atoms with Crippen LogP contribution in [0.25, 0.3) is 10.8 Å². The van der Waals surface area contributed by atoms with Gasteiger partial charge in [0.25, 0.3) is 0 Å². The quantitative estimate of drug-likeness (QED) is 0.645. The predicted octanol–water partition coefficient (Wildman–Crippen LogP) is 2.71. The Hall–Kier alpha value is -1.42. The SMILES string of the molecule is COC(=O)C(Br)Cc1cccc2ccncc12. The molecule has 0 aliphatic heterocycles. The Kier molecular flexibility index (Phi) is 3.74. The maximum absolute atomic E-state index is 11.4. The van der Waals surface area contributed by atoms with Crippen LogP contribution in [0.3, 0.4) is 0 Å². The number of methoxy groups -OCH3 is 1. The standard InChI is InChI=1S/C13H12BrNO2/c1-17-13(16)12(14)7-10-4-2-3-9-5-6-15-8-11(9)10/h2-6,8,12H,7H2,1H3. The Labute approximate surface area is 108 Å². The molecule has 2 rings (SSSR count). The summed E-state index contributed by atoms with van der Waals surface area (Å²) in [6.45, 7) is 0.